The highest BCUT2D eigenvalue weighted by atomic mass is 35.5. The van der Waals surface area contributed by atoms with Crippen LogP contribution in [0.5, 0.6) is 5.75 Å². The first-order chi connectivity index (χ1) is 11.9. The lowest BCUT2D eigenvalue weighted by molar-refractivity contribution is -0.143. The zero-order chi connectivity index (χ0) is 18.6. The van der Waals surface area contributed by atoms with Gasteiger partial charge in [-0.25, -0.2) is 0 Å². The molecule has 0 bridgehead atoms. The molecule has 0 spiro atoms. The van der Waals surface area contributed by atoms with Crippen molar-refractivity contribution in [1.29, 1.82) is 0 Å². The van der Waals surface area contributed by atoms with Crippen LogP contribution in [0.15, 0.2) is 33.5 Å². The van der Waals surface area contributed by atoms with Crippen LogP contribution in [-0.2, 0) is 16.1 Å². The van der Waals surface area contributed by atoms with E-state index in [0.29, 0.717) is 10.6 Å². The molecule has 0 radical (unpaired) electrons. The molecule has 1 aromatic heterocycles. The lowest BCUT2D eigenvalue weighted by Crippen LogP contribution is -2.15. The second-order valence-corrected chi connectivity index (χ2v) is 6.02. The van der Waals surface area contributed by atoms with Gasteiger partial charge in [0.1, 0.15) is 12.4 Å². The number of carbonyl (C=O) groups excluding carboxylic acids is 1. The lowest BCUT2D eigenvalue weighted by Gasteiger charge is -2.18. The van der Waals surface area contributed by atoms with Crippen LogP contribution in [0.1, 0.15) is 36.3 Å². The van der Waals surface area contributed by atoms with Crippen molar-refractivity contribution in [3.8, 4) is 5.75 Å². The molecule has 25 heavy (non-hydrogen) atoms. The Kier molecular flexibility index (Phi) is 6.47. The van der Waals surface area contributed by atoms with Crippen molar-refractivity contribution in [1.82, 2.24) is 0 Å². The third-order valence-corrected chi connectivity index (χ3v) is 4.05. The fourth-order valence-electron chi connectivity index (χ4n) is 2.38. The molecule has 0 aliphatic carbocycles. The van der Waals surface area contributed by atoms with Gasteiger partial charge in [-0.1, -0.05) is 29.3 Å². The third kappa shape index (κ3) is 4.54. The summed E-state index contributed by atoms with van der Waals surface area (Å²) in [5.41, 5.74) is -0.308. The molecular formula is C17H16Cl2O6. The second-order valence-electron chi connectivity index (χ2n) is 5.18. The Labute approximate surface area is 153 Å². The molecule has 1 heterocycles. The first-order valence-electron chi connectivity index (χ1n) is 7.44. The van der Waals surface area contributed by atoms with Crippen LogP contribution in [0.3, 0.4) is 0 Å². The normalized spacial score (nSPS) is 12.0. The molecule has 1 atom stereocenters. The van der Waals surface area contributed by atoms with Crippen molar-refractivity contribution < 1.29 is 24.2 Å². The summed E-state index contributed by atoms with van der Waals surface area (Å²) in [5.74, 6) is -2.32. The zero-order valence-corrected chi connectivity index (χ0v) is 14.8. The van der Waals surface area contributed by atoms with E-state index in [-0.39, 0.29) is 29.6 Å². The maximum Gasteiger partial charge on any atom is 0.306 e. The van der Waals surface area contributed by atoms with Crippen molar-refractivity contribution >= 4 is 29.2 Å². The van der Waals surface area contributed by atoms with Crippen LogP contribution in [0.2, 0.25) is 10.0 Å². The minimum atomic E-state index is -0.886. The van der Waals surface area contributed by atoms with Gasteiger partial charge in [0.05, 0.1) is 18.9 Å². The highest BCUT2D eigenvalue weighted by molar-refractivity contribution is 6.35. The fourth-order valence-corrected chi connectivity index (χ4v) is 2.92. The summed E-state index contributed by atoms with van der Waals surface area (Å²) in [4.78, 5) is 23.9. The van der Waals surface area contributed by atoms with Crippen LogP contribution in [0.25, 0.3) is 0 Å². The van der Waals surface area contributed by atoms with Crippen LogP contribution < -0.4 is 5.43 Å². The quantitative estimate of drug-likeness (QED) is 0.739. The smallest absolute Gasteiger partial charge is 0.306 e. The molecule has 2 rings (SSSR count). The number of ether oxygens (including phenoxy) is 1. The minimum Gasteiger partial charge on any atom is -0.502 e. The van der Waals surface area contributed by atoms with Gasteiger partial charge >= 0.3 is 5.97 Å². The van der Waals surface area contributed by atoms with Crippen LogP contribution >= 0.6 is 23.2 Å². The molecule has 6 nitrogen and oxygen atoms in total. The Hall–Kier alpha value is -2.02. The Morgan fingerprint density at radius 2 is 2.04 bits per heavy atom. The molecular weight excluding hydrogens is 371 g/mol. The number of esters is 1. The van der Waals surface area contributed by atoms with Crippen molar-refractivity contribution in [2.45, 2.75) is 25.9 Å². The topological polar surface area (TPSA) is 97.0 Å². The summed E-state index contributed by atoms with van der Waals surface area (Å²) in [6.45, 7) is 1.29. The lowest BCUT2D eigenvalue weighted by atomic mass is 9.92. The third-order valence-electron chi connectivity index (χ3n) is 3.49. The predicted molar refractivity (Wildman–Crippen MR) is 92.1 cm³/mol. The van der Waals surface area contributed by atoms with E-state index in [4.69, 9.17) is 32.4 Å². The van der Waals surface area contributed by atoms with E-state index >= 15 is 0 Å². The van der Waals surface area contributed by atoms with Gasteiger partial charge in [0.25, 0.3) is 0 Å². The maximum atomic E-state index is 12.0. The number of hydrogen-bond acceptors (Lipinski definition) is 6. The van der Waals surface area contributed by atoms with Gasteiger partial charge in [0.2, 0.25) is 11.2 Å². The van der Waals surface area contributed by atoms with E-state index in [1.807, 2.05) is 0 Å². The predicted octanol–water partition coefficient (Wildman–Crippen LogP) is 3.23. The molecule has 0 aliphatic rings. The number of carbonyl (C=O) groups is 1. The first-order valence-corrected chi connectivity index (χ1v) is 8.20. The molecule has 0 saturated carbocycles. The molecule has 2 aromatic rings. The molecule has 0 saturated heterocycles. The Balaban J connectivity index is 2.61. The summed E-state index contributed by atoms with van der Waals surface area (Å²) in [6.07, 6.45) is -0.222. The van der Waals surface area contributed by atoms with E-state index in [1.165, 1.54) is 6.07 Å². The monoisotopic (exact) mass is 386 g/mol. The number of benzene rings is 1. The highest BCUT2D eigenvalue weighted by Gasteiger charge is 2.28. The van der Waals surface area contributed by atoms with Crippen molar-refractivity contribution in [2.75, 3.05) is 6.61 Å². The van der Waals surface area contributed by atoms with Crippen LogP contribution in [-0.4, -0.2) is 22.8 Å². The van der Waals surface area contributed by atoms with Crippen molar-refractivity contribution in [3.63, 3.8) is 0 Å². The molecule has 1 aromatic carbocycles. The average molecular weight is 387 g/mol. The van der Waals surface area contributed by atoms with Crippen LogP contribution in [0, 0.1) is 0 Å². The summed E-state index contributed by atoms with van der Waals surface area (Å²) in [7, 11) is 0. The zero-order valence-electron chi connectivity index (χ0n) is 13.3. The van der Waals surface area contributed by atoms with Crippen molar-refractivity contribution in [3.05, 3.63) is 61.6 Å². The number of aliphatic hydroxyl groups is 1. The van der Waals surface area contributed by atoms with Gasteiger partial charge in [-0.3, -0.25) is 9.59 Å². The molecule has 1 unspecified atom stereocenters. The fraction of sp³-hybridized carbons (Fsp3) is 0.294. The van der Waals surface area contributed by atoms with Gasteiger partial charge in [0, 0.05) is 16.1 Å². The highest BCUT2D eigenvalue weighted by Crippen LogP contribution is 2.37. The Morgan fingerprint density at radius 3 is 2.64 bits per heavy atom. The molecule has 0 fully saturated rings. The number of aromatic hydroxyl groups is 1. The molecule has 2 N–H and O–H groups in total. The van der Waals surface area contributed by atoms with E-state index in [9.17, 15) is 19.8 Å². The summed E-state index contributed by atoms with van der Waals surface area (Å²) < 4.78 is 10.4. The molecule has 0 aliphatic heterocycles. The maximum absolute atomic E-state index is 12.0. The van der Waals surface area contributed by atoms with E-state index < -0.39 is 29.7 Å². The SMILES string of the molecule is CCOC(=O)CC(c1ccc(Cl)cc1Cl)c1oc(CO)cc(=O)c1O. The second kappa shape index (κ2) is 8.38. The molecule has 134 valence electrons. The van der Waals surface area contributed by atoms with Gasteiger partial charge < -0.3 is 19.4 Å². The van der Waals surface area contributed by atoms with E-state index in [2.05, 4.69) is 0 Å². The summed E-state index contributed by atoms with van der Waals surface area (Å²) in [6, 6.07) is 5.58. The number of hydrogen-bond donors (Lipinski definition) is 2. The summed E-state index contributed by atoms with van der Waals surface area (Å²) >= 11 is 12.1. The largest absolute Gasteiger partial charge is 0.502 e. The Morgan fingerprint density at radius 1 is 1.32 bits per heavy atom. The average Bonchev–Trinajstić information content (AvgIpc) is 2.56. The van der Waals surface area contributed by atoms with E-state index in [0.717, 1.165) is 6.07 Å². The Bertz CT molecular complexity index is 830. The van der Waals surface area contributed by atoms with Gasteiger partial charge in [0.15, 0.2) is 5.76 Å². The summed E-state index contributed by atoms with van der Waals surface area (Å²) in [5, 5.41) is 20.0. The van der Waals surface area contributed by atoms with Gasteiger partial charge in [-0.05, 0) is 24.6 Å². The van der Waals surface area contributed by atoms with Gasteiger partial charge in [-0.15, -0.1) is 0 Å². The number of rotatable bonds is 6. The number of halogens is 2. The number of aliphatic hydroxyl groups excluding tert-OH is 1. The van der Waals surface area contributed by atoms with Crippen LogP contribution in [0.4, 0.5) is 0 Å². The minimum absolute atomic E-state index is 0.0447. The first kappa shape index (κ1) is 19.3. The molecule has 8 heteroatoms. The van der Waals surface area contributed by atoms with E-state index in [1.54, 1.807) is 19.1 Å². The van der Waals surface area contributed by atoms with Gasteiger partial charge in [-0.2, -0.15) is 0 Å². The molecule has 0 amide bonds. The van der Waals surface area contributed by atoms with Crippen molar-refractivity contribution in [2.24, 2.45) is 0 Å². The standard InChI is InChI=1S/C17H16Cl2O6/c1-2-24-15(22)7-12(11-4-3-9(18)5-13(11)19)17-16(23)14(21)6-10(8-20)25-17/h3-6,12,20,23H,2,7-8H2,1H3.